The minimum atomic E-state index is -4.91. The van der Waals surface area contributed by atoms with E-state index >= 15 is 0 Å². The Kier molecular flexibility index (Phi) is 5.96. The van der Waals surface area contributed by atoms with Gasteiger partial charge in [-0.2, -0.15) is 13.2 Å². The molecular formula is C24H17F3N2O2S. The van der Waals surface area contributed by atoms with Crippen LogP contribution in [-0.4, -0.2) is 24.2 Å². The second-order valence-corrected chi connectivity index (χ2v) is 7.91. The number of nitrogens with zero attached hydrogens (tertiary/aromatic N) is 1. The molecule has 8 heteroatoms. The minimum absolute atomic E-state index is 0.0854. The summed E-state index contributed by atoms with van der Waals surface area (Å²) in [7, 11) is 1.63. The summed E-state index contributed by atoms with van der Waals surface area (Å²) in [5.74, 6) is -1.20. The van der Waals surface area contributed by atoms with Gasteiger partial charge in [-0.05, 0) is 41.5 Å². The van der Waals surface area contributed by atoms with Crippen LogP contribution in [0.1, 0.15) is 11.1 Å². The van der Waals surface area contributed by atoms with Crippen LogP contribution in [0.15, 0.2) is 66.7 Å². The molecule has 1 N–H and O–H groups in total. The van der Waals surface area contributed by atoms with E-state index in [4.69, 9.17) is 4.74 Å². The minimum Gasteiger partial charge on any atom is -0.497 e. The van der Waals surface area contributed by atoms with E-state index in [1.807, 2.05) is 59.9 Å². The Morgan fingerprint density at radius 2 is 1.59 bits per heavy atom. The van der Waals surface area contributed by atoms with Crippen LogP contribution in [0.5, 0.6) is 5.75 Å². The molecule has 0 fully saturated rings. The predicted molar refractivity (Wildman–Crippen MR) is 122 cm³/mol. The number of hydrogen-bond donors (Lipinski definition) is 1. The average Bonchev–Trinajstić information content (AvgIpc) is 3.21. The number of thiazole rings is 1. The number of alkyl halides is 3. The van der Waals surface area contributed by atoms with Crippen LogP contribution in [-0.2, 0) is 4.79 Å². The monoisotopic (exact) mass is 454 g/mol. The Morgan fingerprint density at radius 3 is 2.19 bits per heavy atom. The quantitative estimate of drug-likeness (QED) is 0.344. The number of carbonyl (C=O) groups excluding carboxylic acids is 1. The molecule has 0 saturated carbocycles. The lowest BCUT2D eigenvalue weighted by molar-refractivity contribution is -0.167. The lowest BCUT2D eigenvalue weighted by Gasteiger charge is -2.07. The van der Waals surface area contributed by atoms with E-state index in [2.05, 4.69) is 4.98 Å². The summed E-state index contributed by atoms with van der Waals surface area (Å²) >= 11 is 1.59. The molecule has 0 spiro atoms. The summed E-state index contributed by atoms with van der Waals surface area (Å²) in [6, 6.07) is 19.8. The van der Waals surface area contributed by atoms with Crippen molar-refractivity contribution < 1.29 is 22.7 Å². The maximum atomic E-state index is 12.3. The van der Waals surface area contributed by atoms with Gasteiger partial charge in [-0.1, -0.05) is 48.6 Å². The fourth-order valence-corrected chi connectivity index (χ4v) is 3.96. The second kappa shape index (κ2) is 8.84. The van der Waals surface area contributed by atoms with E-state index in [9.17, 15) is 18.0 Å². The summed E-state index contributed by atoms with van der Waals surface area (Å²) in [5.41, 5.74) is 3.77. The van der Waals surface area contributed by atoms with Gasteiger partial charge in [0.25, 0.3) is 0 Å². The molecule has 0 aliphatic carbocycles. The number of rotatable bonds is 5. The number of halogens is 3. The molecule has 0 unspecified atom stereocenters. The van der Waals surface area contributed by atoms with Crippen LogP contribution in [0.3, 0.4) is 0 Å². The Hall–Kier alpha value is -3.65. The molecule has 3 aromatic carbocycles. The van der Waals surface area contributed by atoms with Crippen LogP contribution in [0.25, 0.3) is 32.9 Å². The number of nitrogens with one attached hydrogen (secondary N) is 1. The topological polar surface area (TPSA) is 51.2 Å². The zero-order valence-electron chi connectivity index (χ0n) is 16.8. The van der Waals surface area contributed by atoms with Crippen LogP contribution in [0, 0.1) is 0 Å². The molecule has 162 valence electrons. The smallest absolute Gasteiger partial charge is 0.471 e. The number of anilines is 1. The Balaban J connectivity index is 1.44. The van der Waals surface area contributed by atoms with Gasteiger partial charge in [0.15, 0.2) is 0 Å². The van der Waals surface area contributed by atoms with E-state index in [-0.39, 0.29) is 5.69 Å². The van der Waals surface area contributed by atoms with Gasteiger partial charge in [0.05, 0.1) is 17.3 Å². The van der Waals surface area contributed by atoms with Gasteiger partial charge in [-0.15, -0.1) is 11.3 Å². The largest absolute Gasteiger partial charge is 0.497 e. The highest BCUT2D eigenvalue weighted by molar-refractivity contribution is 7.21. The predicted octanol–water partition coefficient (Wildman–Crippen LogP) is 6.64. The number of benzene rings is 3. The van der Waals surface area contributed by atoms with Crippen LogP contribution in [0.2, 0.25) is 0 Å². The lowest BCUT2D eigenvalue weighted by Crippen LogP contribution is -2.29. The first-order valence-corrected chi connectivity index (χ1v) is 10.3. The van der Waals surface area contributed by atoms with Gasteiger partial charge >= 0.3 is 12.1 Å². The van der Waals surface area contributed by atoms with Gasteiger partial charge in [-0.25, -0.2) is 4.98 Å². The lowest BCUT2D eigenvalue weighted by atomic mass is 10.1. The third-order valence-corrected chi connectivity index (χ3v) is 5.71. The molecule has 0 atom stereocenters. The molecule has 0 aliphatic heterocycles. The van der Waals surface area contributed by atoms with E-state index in [1.165, 1.54) is 12.1 Å². The first-order chi connectivity index (χ1) is 15.3. The maximum absolute atomic E-state index is 12.3. The van der Waals surface area contributed by atoms with Gasteiger partial charge < -0.3 is 10.1 Å². The second-order valence-electron chi connectivity index (χ2n) is 6.88. The molecule has 4 rings (SSSR count). The standard InChI is InChI=1S/C24H17F3N2O2S/c1-31-19-12-13-20-21(14-19)32-22(29-20)17-8-4-15(5-9-17)2-3-16-6-10-18(11-7-16)28-23(30)24(25,26)27/h2-14H,1H3,(H,28,30)/b3-2+. The van der Waals surface area contributed by atoms with Gasteiger partial charge in [0.1, 0.15) is 10.8 Å². The van der Waals surface area contributed by atoms with Crippen LogP contribution < -0.4 is 10.1 Å². The number of amides is 1. The van der Waals surface area contributed by atoms with Crippen molar-refractivity contribution in [1.82, 2.24) is 4.98 Å². The van der Waals surface area contributed by atoms with Crippen molar-refractivity contribution in [1.29, 1.82) is 0 Å². The number of methoxy groups -OCH3 is 1. The molecule has 1 aromatic heterocycles. The molecule has 0 radical (unpaired) electrons. The SMILES string of the molecule is COc1ccc2nc(-c3ccc(/C=C/c4ccc(NC(=O)C(F)(F)F)cc4)cc3)sc2c1. The maximum Gasteiger partial charge on any atom is 0.471 e. The summed E-state index contributed by atoms with van der Waals surface area (Å²) in [6.07, 6.45) is -1.17. The molecular weight excluding hydrogens is 437 g/mol. The van der Waals surface area contributed by atoms with Crippen molar-refractivity contribution in [3.63, 3.8) is 0 Å². The first kappa shape index (κ1) is 21.6. The third-order valence-electron chi connectivity index (χ3n) is 4.65. The molecule has 0 saturated heterocycles. The molecule has 0 aliphatic rings. The fourth-order valence-electron chi connectivity index (χ4n) is 2.96. The van der Waals surface area contributed by atoms with E-state index < -0.39 is 12.1 Å². The Bertz CT molecular complexity index is 1280. The van der Waals surface area contributed by atoms with Gasteiger partial charge in [0.2, 0.25) is 0 Å². The summed E-state index contributed by atoms with van der Waals surface area (Å²) in [5, 5.41) is 2.74. The molecule has 1 amide bonds. The summed E-state index contributed by atoms with van der Waals surface area (Å²) < 4.78 is 43.3. The number of carbonyl (C=O) groups is 1. The number of aromatic nitrogens is 1. The molecule has 1 heterocycles. The Labute approximate surface area is 186 Å². The average molecular weight is 454 g/mol. The van der Waals surface area contributed by atoms with Gasteiger partial charge in [-0.3, -0.25) is 4.79 Å². The highest BCUT2D eigenvalue weighted by Gasteiger charge is 2.38. The van der Waals surface area contributed by atoms with Crippen molar-refractivity contribution in [2.75, 3.05) is 12.4 Å². The van der Waals surface area contributed by atoms with Crippen LogP contribution >= 0.6 is 11.3 Å². The first-order valence-electron chi connectivity index (χ1n) is 9.53. The van der Waals surface area contributed by atoms with E-state index in [0.29, 0.717) is 0 Å². The molecule has 4 nitrogen and oxygen atoms in total. The van der Waals surface area contributed by atoms with Crippen molar-refractivity contribution >= 4 is 45.3 Å². The van der Waals surface area contributed by atoms with Gasteiger partial charge in [0, 0.05) is 11.3 Å². The number of ether oxygens (including phenoxy) is 1. The normalized spacial score (nSPS) is 11.8. The highest BCUT2D eigenvalue weighted by atomic mass is 32.1. The Morgan fingerprint density at radius 1 is 0.969 bits per heavy atom. The number of hydrogen-bond acceptors (Lipinski definition) is 4. The third kappa shape index (κ3) is 4.97. The van der Waals surface area contributed by atoms with Crippen molar-refractivity contribution in [2.24, 2.45) is 0 Å². The highest BCUT2D eigenvalue weighted by Crippen LogP contribution is 2.32. The fraction of sp³-hybridized carbons (Fsp3) is 0.0833. The zero-order valence-corrected chi connectivity index (χ0v) is 17.6. The van der Waals surface area contributed by atoms with Crippen molar-refractivity contribution in [3.05, 3.63) is 77.9 Å². The molecule has 32 heavy (non-hydrogen) atoms. The van der Waals surface area contributed by atoms with Crippen molar-refractivity contribution in [3.8, 4) is 16.3 Å². The van der Waals surface area contributed by atoms with E-state index in [1.54, 1.807) is 30.6 Å². The number of fused-ring (bicyclic) bond motifs is 1. The zero-order chi connectivity index (χ0) is 22.7. The summed E-state index contributed by atoms with van der Waals surface area (Å²) in [4.78, 5) is 15.6. The molecule has 0 bridgehead atoms. The van der Waals surface area contributed by atoms with E-state index in [0.717, 1.165) is 37.7 Å². The van der Waals surface area contributed by atoms with Crippen molar-refractivity contribution in [2.45, 2.75) is 6.18 Å². The molecule has 4 aromatic rings. The summed E-state index contributed by atoms with van der Waals surface area (Å²) in [6.45, 7) is 0. The van der Waals surface area contributed by atoms with Crippen LogP contribution in [0.4, 0.5) is 18.9 Å².